The second kappa shape index (κ2) is 12.1. The van der Waals surface area contributed by atoms with Gasteiger partial charge in [-0.05, 0) is 37.5 Å². The van der Waals surface area contributed by atoms with E-state index in [2.05, 4.69) is 21.9 Å². The molecule has 35 heavy (non-hydrogen) atoms. The maximum Gasteiger partial charge on any atom is 0.349 e. The molecular formula is C26H33ClN4O4. The first kappa shape index (κ1) is 26.6. The van der Waals surface area contributed by atoms with Crippen molar-refractivity contribution in [2.24, 2.45) is 0 Å². The zero-order chi connectivity index (χ0) is 25.5. The summed E-state index contributed by atoms with van der Waals surface area (Å²) in [5, 5.41) is 0.331. The summed E-state index contributed by atoms with van der Waals surface area (Å²) >= 11 is 6.19. The molecule has 0 N–H and O–H groups in total. The first-order valence-electron chi connectivity index (χ1n) is 12.2. The summed E-state index contributed by atoms with van der Waals surface area (Å²) in [6.07, 6.45) is 4.03. The molecule has 0 aromatic carbocycles. The van der Waals surface area contributed by atoms with E-state index in [-0.39, 0.29) is 17.8 Å². The van der Waals surface area contributed by atoms with Crippen molar-refractivity contribution in [1.29, 1.82) is 0 Å². The fourth-order valence-corrected chi connectivity index (χ4v) is 4.32. The van der Waals surface area contributed by atoms with Crippen molar-refractivity contribution >= 4 is 33.8 Å². The molecule has 4 aromatic heterocycles. The maximum atomic E-state index is 13.3. The molecule has 0 aliphatic carbocycles. The summed E-state index contributed by atoms with van der Waals surface area (Å²) < 4.78 is 18.8. The van der Waals surface area contributed by atoms with Gasteiger partial charge in [-0.25, -0.2) is 14.8 Å². The van der Waals surface area contributed by atoms with Gasteiger partial charge in [-0.3, -0.25) is 4.57 Å². The molecule has 1 aliphatic rings. The number of halogens is 1. The number of methoxy groups -OCH3 is 1. The molecule has 0 amide bonds. The highest BCUT2D eigenvalue weighted by atomic mass is 35.5. The van der Waals surface area contributed by atoms with E-state index < -0.39 is 0 Å². The van der Waals surface area contributed by atoms with Crippen LogP contribution in [-0.4, -0.2) is 39.3 Å². The molecule has 9 heteroatoms. The van der Waals surface area contributed by atoms with Gasteiger partial charge in [-0.15, -0.1) is 0 Å². The van der Waals surface area contributed by atoms with E-state index in [1.807, 2.05) is 27.7 Å². The average Bonchev–Trinajstić information content (AvgIpc) is 3.29. The van der Waals surface area contributed by atoms with Crippen LogP contribution in [0.25, 0.3) is 33.5 Å². The molecule has 1 fully saturated rings. The minimum Gasteiger partial charge on any atom is -0.481 e. The lowest BCUT2D eigenvalue weighted by atomic mass is 10.0. The van der Waals surface area contributed by atoms with Crippen LogP contribution < -0.4 is 10.4 Å². The van der Waals surface area contributed by atoms with Crippen molar-refractivity contribution in [2.75, 3.05) is 13.7 Å². The Bertz CT molecular complexity index is 1320. The normalized spacial score (nSPS) is 17.3. The van der Waals surface area contributed by atoms with E-state index in [1.54, 1.807) is 42.1 Å². The Morgan fingerprint density at radius 2 is 1.91 bits per heavy atom. The zero-order valence-corrected chi connectivity index (χ0v) is 21.9. The number of furan rings is 1. The highest BCUT2D eigenvalue weighted by molar-refractivity contribution is 6.30. The monoisotopic (exact) mass is 500 g/mol. The summed E-state index contributed by atoms with van der Waals surface area (Å²) in [6, 6.07) is 6.88. The van der Waals surface area contributed by atoms with Crippen molar-refractivity contribution in [3.05, 3.63) is 46.1 Å². The predicted molar refractivity (Wildman–Crippen MR) is 139 cm³/mol. The minimum atomic E-state index is -0.357. The summed E-state index contributed by atoms with van der Waals surface area (Å²) in [6.45, 7) is 10.7. The Morgan fingerprint density at radius 3 is 2.57 bits per heavy atom. The molecule has 0 spiro atoms. The highest BCUT2D eigenvalue weighted by Crippen LogP contribution is 2.36. The lowest BCUT2D eigenvalue weighted by molar-refractivity contribution is -0.00710. The van der Waals surface area contributed by atoms with E-state index >= 15 is 0 Å². The first-order valence-corrected chi connectivity index (χ1v) is 12.6. The van der Waals surface area contributed by atoms with E-state index in [4.69, 9.17) is 25.5 Å². The van der Waals surface area contributed by atoms with Crippen LogP contribution in [0, 0.1) is 0 Å². The summed E-state index contributed by atoms with van der Waals surface area (Å²) in [4.78, 5) is 26.5. The van der Waals surface area contributed by atoms with Gasteiger partial charge in [0.15, 0.2) is 11.2 Å². The molecule has 5 heterocycles. The number of fused-ring (bicyclic) bond motifs is 3. The quantitative estimate of drug-likeness (QED) is 0.297. The van der Waals surface area contributed by atoms with Gasteiger partial charge >= 0.3 is 5.69 Å². The smallest absolute Gasteiger partial charge is 0.349 e. The van der Waals surface area contributed by atoms with Gasteiger partial charge in [0, 0.05) is 30.5 Å². The molecule has 1 saturated heterocycles. The third-order valence-corrected chi connectivity index (χ3v) is 5.93. The molecular weight excluding hydrogens is 468 g/mol. The molecule has 0 saturated carbocycles. The van der Waals surface area contributed by atoms with Crippen LogP contribution in [0.2, 0.25) is 5.15 Å². The topological polar surface area (TPSA) is 92.3 Å². The first-order chi connectivity index (χ1) is 17.1. The second-order valence-corrected chi connectivity index (χ2v) is 7.93. The Hall–Kier alpha value is -2.97. The second-order valence-electron chi connectivity index (χ2n) is 7.54. The van der Waals surface area contributed by atoms with Crippen molar-refractivity contribution in [3.63, 3.8) is 0 Å². The van der Waals surface area contributed by atoms with E-state index in [0.29, 0.717) is 57.5 Å². The van der Waals surface area contributed by atoms with Crippen LogP contribution in [-0.2, 0) is 4.74 Å². The molecule has 4 aromatic rings. The Balaban J connectivity index is 0.000000815. The minimum absolute atomic E-state index is 0.0641. The fourth-order valence-electron chi connectivity index (χ4n) is 4.17. The number of hydrogen-bond donors (Lipinski definition) is 0. The standard InChI is InChI=1S/C22H21ClN4O4.2C2H6/c1-3-14-10-13(8-9-30-14)27-20-19-15(5-6-16(23)25-19)31-21(20)18(26-22(27)28)12-4-7-17(29-2)24-11-12;2*1-2/h4-7,11,13-14H,3,8-10H2,1-2H3;2*1-2H3. The van der Waals surface area contributed by atoms with Crippen molar-refractivity contribution < 1.29 is 13.9 Å². The van der Waals surface area contributed by atoms with Crippen LogP contribution in [0.1, 0.15) is 59.9 Å². The number of rotatable bonds is 4. The molecule has 188 valence electrons. The van der Waals surface area contributed by atoms with Crippen LogP contribution >= 0.6 is 11.6 Å². The van der Waals surface area contributed by atoms with Gasteiger partial charge in [0.1, 0.15) is 21.9 Å². The lowest BCUT2D eigenvalue weighted by Gasteiger charge is -2.30. The third kappa shape index (κ3) is 5.33. The Kier molecular flexibility index (Phi) is 9.23. The van der Waals surface area contributed by atoms with E-state index in [0.717, 1.165) is 12.8 Å². The lowest BCUT2D eigenvalue weighted by Crippen LogP contribution is -2.34. The van der Waals surface area contributed by atoms with E-state index in [9.17, 15) is 4.79 Å². The molecule has 8 nitrogen and oxygen atoms in total. The molecule has 2 atom stereocenters. The van der Waals surface area contributed by atoms with E-state index in [1.165, 1.54) is 0 Å². The van der Waals surface area contributed by atoms with Crippen molar-refractivity contribution in [1.82, 2.24) is 19.5 Å². The predicted octanol–water partition coefficient (Wildman–Crippen LogP) is 6.44. The van der Waals surface area contributed by atoms with Crippen molar-refractivity contribution in [2.45, 2.75) is 66.0 Å². The fraction of sp³-hybridized carbons (Fsp3) is 0.462. The van der Waals surface area contributed by atoms with Gasteiger partial charge < -0.3 is 13.9 Å². The number of ether oxygens (including phenoxy) is 2. The van der Waals surface area contributed by atoms with Crippen molar-refractivity contribution in [3.8, 4) is 17.1 Å². The van der Waals surface area contributed by atoms with Gasteiger partial charge in [0.2, 0.25) is 5.88 Å². The molecule has 0 radical (unpaired) electrons. The molecule has 1 aliphatic heterocycles. The zero-order valence-electron chi connectivity index (χ0n) is 21.2. The maximum absolute atomic E-state index is 13.3. The largest absolute Gasteiger partial charge is 0.481 e. The van der Waals surface area contributed by atoms with Gasteiger partial charge in [0.05, 0.1) is 13.2 Å². The molecule has 2 unspecified atom stereocenters. The SMILES string of the molecule is CC.CC.CCC1CC(n2c(=O)nc(-c3ccc(OC)nc3)c3oc4ccc(Cl)nc4c32)CCO1. The number of hydrogen-bond acceptors (Lipinski definition) is 7. The van der Waals surface area contributed by atoms with Crippen LogP contribution in [0.3, 0.4) is 0 Å². The highest BCUT2D eigenvalue weighted by Gasteiger charge is 2.29. The van der Waals surface area contributed by atoms with Crippen LogP contribution in [0.15, 0.2) is 39.7 Å². The van der Waals surface area contributed by atoms with Crippen LogP contribution in [0.5, 0.6) is 5.88 Å². The summed E-state index contributed by atoms with van der Waals surface area (Å²) in [5.74, 6) is 0.471. The Morgan fingerprint density at radius 1 is 1.14 bits per heavy atom. The molecule has 5 rings (SSSR count). The van der Waals surface area contributed by atoms with Gasteiger partial charge in [-0.1, -0.05) is 46.2 Å². The average molecular weight is 501 g/mol. The number of aromatic nitrogens is 4. The summed E-state index contributed by atoms with van der Waals surface area (Å²) in [7, 11) is 1.55. The van der Waals surface area contributed by atoms with Gasteiger partial charge in [-0.2, -0.15) is 4.98 Å². The summed E-state index contributed by atoms with van der Waals surface area (Å²) in [5.41, 5.74) is 2.88. The van der Waals surface area contributed by atoms with Gasteiger partial charge in [0.25, 0.3) is 0 Å². The van der Waals surface area contributed by atoms with Crippen LogP contribution in [0.4, 0.5) is 0 Å². The number of nitrogens with zero attached hydrogens (tertiary/aromatic N) is 4. The Labute approximate surface area is 210 Å². The number of pyridine rings is 2. The third-order valence-electron chi connectivity index (χ3n) is 5.72. The molecule has 0 bridgehead atoms.